The predicted octanol–water partition coefficient (Wildman–Crippen LogP) is 3.76. The summed E-state index contributed by atoms with van der Waals surface area (Å²) in [5.74, 6) is 0.855. The van der Waals surface area contributed by atoms with Gasteiger partial charge in [-0.1, -0.05) is 0 Å². The summed E-state index contributed by atoms with van der Waals surface area (Å²) in [6, 6.07) is 7.43. The molecule has 2 amide bonds. The lowest BCUT2D eigenvalue weighted by Crippen LogP contribution is -2.31. The minimum Gasteiger partial charge on any atom is -0.461 e. The Kier molecular flexibility index (Phi) is 4.05. The highest BCUT2D eigenvalue weighted by Gasteiger charge is 2.15. The standard InChI is InChI=1S/C18H22N4O2/c1-11-8-14-9-15(6-7-17(14)24-11)19-18(23)21(4)10-16-12(2)20-22(5)13(16)3/h6-9H,10H2,1-5H3,(H,19,23). The third-order valence-electron chi connectivity index (χ3n) is 4.29. The van der Waals surface area contributed by atoms with Crippen LogP contribution in [0.3, 0.4) is 0 Å². The van der Waals surface area contributed by atoms with Crippen molar-refractivity contribution in [3.05, 3.63) is 47.0 Å². The molecule has 0 bridgehead atoms. The van der Waals surface area contributed by atoms with Crippen molar-refractivity contribution in [1.82, 2.24) is 14.7 Å². The zero-order valence-corrected chi connectivity index (χ0v) is 14.7. The van der Waals surface area contributed by atoms with Crippen LogP contribution in [-0.2, 0) is 13.6 Å². The molecule has 0 saturated carbocycles. The van der Waals surface area contributed by atoms with Gasteiger partial charge in [-0.15, -0.1) is 0 Å². The number of aryl methyl sites for hydroxylation is 3. The topological polar surface area (TPSA) is 63.3 Å². The summed E-state index contributed by atoms with van der Waals surface area (Å²) in [5.41, 5.74) is 4.67. The van der Waals surface area contributed by atoms with Crippen molar-refractivity contribution in [2.45, 2.75) is 27.3 Å². The SMILES string of the molecule is Cc1cc2cc(NC(=O)N(C)Cc3c(C)nn(C)c3C)ccc2o1. The van der Waals surface area contributed by atoms with Crippen molar-refractivity contribution in [2.24, 2.45) is 7.05 Å². The molecule has 1 aromatic carbocycles. The summed E-state index contributed by atoms with van der Waals surface area (Å²) in [7, 11) is 3.69. The van der Waals surface area contributed by atoms with Gasteiger partial charge in [0.05, 0.1) is 12.2 Å². The number of hydrogen-bond donors (Lipinski definition) is 1. The van der Waals surface area contributed by atoms with Gasteiger partial charge in [-0.2, -0.15) is 5.10 Å². The number of urea groups is 1. The van der Waals surface area contributed by atoms with Crippen LogP contribution in [0.4, 0.5) is 10.5 Å². The molecule has 0 aliphatic rings. The lowest BCUT2D eigenvalue weighted by atomic mass is 10.2. The van der Waals surface area contributed by atoms with E-state index in [0.717, 1.165) is 39.4 Å². The van der Waals surface area contributed by atoms with Gasteiger partial charge in [0.25, 0.3) is 0 Å². The van der Waals surface area contributed by atoms with Crippen molar-refractivity contribution in [2.75, 3.05) is 12.4 Å². The number of aromatic nitrogens is 2. The molecule has 0 unspecified atom stereocenters. The molecule has 0 fully saturated rings. The van der Waals surface area contributed by atoms with Crippen LogP contribution in [0.1, 0.15) is 22.7 Å². The Bertz CT molecular complexity index is 907. The van der Waals surface area contributed by atoms with Crippen molar-refractivity contribution >= 4 is 22.7 Å². The van der Waals surface area contributed by atoms with E-state index in [-0.39, 0.29) is 6.03 Å². The molecule has 0 spiro atoms. The first-order valence-electron chi connectivity index (χ1n) is 7.86. The lowest BCUT2D eigenvalue weighted by molar-refractivity contribution is 0.220. The normalized spacial score (nSPS) is 11.0. The number of benzene rings is 1. The van der Waals surface area contributed by atoms with E-state index in [2.05, 4.69) is 10.4 Å². The highest BCUT2D eigenvalue weighted by Crippen LogP contribution is 2.23. The van der Waals surface area contributed by atoms with Gasteiger partial charge in [-0.25, -0.2) is 4.79 Å². The largest absolute Gasteiger partial charge is 0.461 e. The Morgan fingerprint density at radius 1 is 1.29 bits per heavy atom. The molecule has 1 N–H and O–H groups in total. The monoisotopic (exact) mass is 326 g/mol. The average molecular weight is 326 g/mol. The van der Waals surface area contributed by atoms with Crippen LogP contribution in [0.2, 0.25) is 0 Å². The fraction of sp³-hybridized carbons (Fsp3) is 0.333. The van der Waals surface area contributed by atoms with E-state index in [4.69, 9.17) is 4.42 Å². The molecule has 3 aromatic rings. The molecule has 3 rings (SSSR count). The van der Waals surface area contributed by atoms with Crippen LogP contribution in [0.15, 0.2) is 28.7 Å². The molecule has 24 heavy (non-hydrogen) atoms. The second-order valence-electron chi connectivity index (χ2n) is 6.17. The molecule has 0 aliphatic carbocycles. The fourth-order valence-corrected chi connectivity index (χ4v) is 2.83. The van der Waals surface area contributed by atoms with Gasteiger partial charge in [-0.3, -0.25) is 4.68 Å². The van der Waals surface area contributed by atoms with Crippen molar-refractivity contribution in [1.29, 1.82) is 0 Å². The third kappa shape index (κ3) is 2.99. The number of carbonyl (C=O) groups excluding carboxylic acids is 1. The third-order valence-corrected chi connectivity index (χ3v) is 4.29. The van der Waals surface area contributed by atoms with E-state index in [1.165, 1.54) is 0 Å². The summed E-state index contributed by atoms with van der Waals surface area (Å²) in [5, 5.41) is 8.30. The number of amides is 2. The molecule has 6 nitrogen and oxygen atoms in total. The number of nitrogens with one attached hydrogen (secondary N) is 1. The van der Waals surface area contributed by atoms with Gasteiger partial charge in [0.15, 0.2) is 0 Å². The molecular weight excluding hydrogens is 304 g/mol. The van der Waals surface area contributed by atoms with Crippen LogP contribution < -0.4 is 5.32 Å². The van der Waals surface area contributed by atoms with E-state index < -0.39 is 0 Å². The summed E-state index contributed by atoms with van der Waals surface area (Å²) in [6.07, 6.45) is 0. The Hall–Kier alpha value is -2.76. The van der Waals surface area contributed by atoms with E-state index in [1.807, 2.05) is 56.8 Å². The smallest absolute Gasteiger partial charge is 0.321 e. The fourth-order valence-electron chi connectivity index (χ4n) is 2.83. The molecule has 0 aliphatic heterocycles. The zero-order valence-electron chi connectivity index (χ0n) is 14.7. The van der Waals surface area contributed by atoms with Crippen LogP contribution in [0.25, 0.3) is 11.0 Å². The first kappa shape index (κ1) is 16.1. The van der Waals surface area contributed by atoms with Crippen molar-refractivity contribution < 1.29 is 9.21 Å². The number of hydrogen-bond acceptors (Lipinski definition) is 3. The molecule has 126 valence electrons. The quantitative estimate of drug-likeness (QED) is 0.797. The van der Waals surface area contributed by atoms with Gasteiger partial charge in [0.1, 0.15) is 11.3 Å². The van der Waals surface area contributed by atoms with Crippen LogP contribution >= 0.6 is 0 Å². The van der Waals surface area contributed by atoms with Crippen molar-refractivity contribution in [3.8, 4) is 0 Å². The van der Waals surface area contributed by atoms with Gasteiger partial charge < -0.3 is 14.6 Å². The first-order valence-corrected chi connectivity index (χ1v) is 7.86. The van der Waals surface area contributed by atoms with Crippen molar-refractivity contribution in [3.63, 3.8) is 0 Å². The van der Waals surface area contributed by atoms with Gasteiger partial charge in [0.2, 0.25) is 0 Å². The molecule has 0 saturated heterocycles. The zero-order chi connectivity index (χ0) is 17.4. The van der Waals surface area contributed by atoms with E-state index >= 15 is 0 Å². The van der Waals surface area contributed by atoms with Gasteiger partial charge in [0, 0.05) is 36.4 Å². The van der Waals surface area contributed by atoms with Gasteiger partial charge in [-0.05, 0) is 45.0 Å². The molecule has 2 heterocycles. The Labute approximate surface area is 141 Å². The number of rotatable bonds is 3. The summed E-state index contributed by atoms with van der Waals surface area (Å²) in [4.78, 5) is 14.1. The minimum atomic E-state index is -0.155. The molecule has 6 heteroatoms. The Balaban J connectivity index is 1.73. The number of anilines is 1. The van der Waals surface area contributed by atoms with Crippen LogP contribution in [-0.4, -0.2) is 27.8 Å². The maximum Gasteiger partial charge on any atom is 0.321 e. The minimum absolute atomic E-state index is 0.155. The van der Waals surface area contributed by atoms with Crippen LogP contribution in [0, 0.1) is 20.8 Å². The predicted molar refractivity (Wildman–Crippen MR) is 94.1 cm³/mol. The van der Waals surface area contributed by atoms with Gasteiger partial charge >= 0.3 is 6.03 Å². The maximum atomic E-state index is 12.5. The number of furan rings is 1. The maximum absolute atomic E-state index is 12.5. The number of fused-ring (bicyclic) bond motifs is 1. The lowest BCUT2D eigenvalue weighted by Gasteiger charge is -2.18. The number of nitrogens with zero attached hydrogens (tertiary/aromatic N) is 3. The Morgan fingerprint density at radius 2 is 2.04 bits per heavy atom. The molecular formula is C18H22N4O2. The van der Waals surface area contributed by atoms with E-state index in [0.29, 0.717) is 6.54 Å². The average Bonchev–Trinajstić information content (AvgIpc) is 3.00. The summed E-state index contributed by atoms with van der Waals surface area (Å²) >= 11 is 0. The highest BCUT2D eigenvalue weighted by molar-refractivity contribution is 5.92. The first-order chi connectivity index (χ1) is 11.3. The van der Waals surface area contributed by atoms with Crippen LogP contribution in [0.5, 0.6) is 0 Å². The summed E-state index contributed by atoms with van der Waals surface area (Å²) < 4.78 is 7.39. The molecule has 2 aromatic heterocycles. The highest BCUT2D eigenvalue weighted by atomic mass is 16.3. The second kappa shape index (κ2) is 6.03. The second-order valence-corrected chi connectivity index (χ2v) is 6.17. The summed E-state index contributed by atoms with van der Waals surface area (Å²) in [6.45, 7) is 6.40. The molecule has 0 atom stereocenters. The number of carbonyl (C=O) groups is 1. The molecule has 0 radical (unpaired) electrons. The van der Waals surface area contributed by atoms with E-state index in [1.54, 1.807) is 11.9 Å². The Morgan fingerprint density at radius 3 is 2.71 bits per heavy atom. The van der Waals surface area contributed by atoms with E-state index in [9.17, 15) is 4.79 Å².